The van der Waals surface area contributed by atoms with Crippen molar-refractivity contribution in [1.82, 2.24) is 4.98 Å². The van der Waals surface area contributed by atoms with Gasteiger partial charge in [-0.25, -0.2) is 4.79 Å². The van der Waals surface area contributed by atoms with Crippen LogP contribution in [0.1, 0.15) is 31.3 Å². The van der Waals surface area contributed by atoms with Gasteiger partial charge in [0.25, 0.3) is 5.08 Å². The first-order chi connectivity index (χ1) is 16.4. The van der Waals surface area contributed by atoms with Crippen LogP contribution in [0.5, 0.6) is 5.75 Å². The van der Waals surface area contributed by atoms with Gasteiger partial charge in [-0.3, -0.25) is 23.2 Å². The lowest BCUT2D eigenvalue weighted by molar-refractivity contribution is -0.0580. The first-order valence-corrected chi connectivity index (χ1v) is 13.6. The van der Waals surface area contributed by atoms with Crippen LogP contribution in [-0.2, 0) is 29.3 Å². The summed E-state index contributed by atoms with van der Waals surface area (Å²) in [6.07, 6.45) is -1.55. The fraction of sp³-hybridized carbons (Fsp3) is 0.273. The average molecular weight is 523 g/mol. The van der Waals surface area contributed by atoms with Crippen molar-refractivity contribution < 1.29 is 47.3 Å². The van der Waals surface area contributed by atoms with Crippen molar-refractivity contribution in [3.05, 3.63) is 72.1 Å². The molecule has 2 heterocycles. The monoisotopic (exact) mass is 523 g/mol. The lowest BCUT2D eigenvalue weighted by atomic mass is 10.0. The van der Waals surface area contributed by atoms with Crippen molar-refractivity contribution in [2.45, 2.75) is 37.7 Å². The summed E-state index contributed by atoms with van der Waals surface area (Å²) in [6, 6.07) is 12.6. The Balaban J connectivity index is 1.78. The van der Waals surface area contributed by atoms with Crippen molar-refractivity contribution in [2.75, 3.05) is 0 Å². The van der Waals surface area contributed by atoms with Gasteiger partial charge in [0.05, 0.1) is 11.7 Å². The molecule has 2 aromatic carbocycles. The van der Waals surface area contributed by atoms with E-state index in [2.05, 4.69) is 4.98 Å². The number of aliphatic hydroxyl groups is 1. The number of hydrogen-bond donors (Lipinski definition) is 3. The zero-order chi connectivity index (χ0) is 25.4. The summed E-state index contributed by atoms with van der Waals surface area (Å²) in [5, 5.41) is 8.74. The molecule has 0 saturated carbocycles. The van der Waals surface area contributed by atoms with Gasteiger partial charge in [0.15, 0.2) is 0 Å². The Labute approximate surface area is 200 Å². The molecule has 3 N–H and O–H groups in total. The maximum atomic E-state index is 13.2. The molecule has 0 amide bonds. The summed E-state index contributed by atoms with van der Waals surface area (Å²) >= 11 is 0. The van der Waals surface area contributed by atoms with Gasteiger partial charge in [0, 0.05) is 18.8 Å². The highest BCUT2D eigenvalue weighted by atomic mass is 31.2. The molecule has 2 atom stereocenters. The minimum Gasteiger partial charge on any atom is -0.431 e. The Bertz CT molecular complexity index is 1320. The molecule has 4 rings (SSSR count). The van der Waals surface area contributed by atoms with Crippen LogP contribution in [0.15, 0.2) is 60.9 Å². The van der Waals surface area contributed by atoms with Crippen LogP contribution in [0.25, 0.3) is 10.8 Å². The summed E-state index contributed by atoms with van der Waals surface area (Å²) in [5.41, 5.74) is 0.102. The molecular formula is C22H23NO10P2. The van der Waals surface area contributed by atoms with Crippen LogP contribution in [0.4, 0.5) is 4.79 Å². The molecule has 0 spiro atoms. The molecule has 11 nitrogen and oxygen atoms in total. The van der Waals surface area contributed by atoms with Gasteiger partial charge >= 0.3 is 21.3 Å². The van der Waals surface area contributed by atoms with E-state index in [0.717, 1.165) is 0 Å². The second-order valence-corrected chi connectivity index (χ2v) is 12.4. The zero-order valence-electron chi connectivity index (χ0n) is 18.7. The lowest BCUT2D eigenvalue weighted by Crippen LogP contribution is -2.38. The summed E-state index contributed by atoms with van der Waals surface area (Å²) in [7, 11) is -10.5. The molecule has 0 bridgehead atoms. The molecule has 186 valence electrons. The smallest absolute Gasteiger partial charge is 0.431 e. The number of rotatable bonds is 5. The second kappa shape index (κ2) is 9.44. The van der Waals surface area contributed by atoms with Crippen LogP contribution in [0.3, 0.4) is 0 Å². The predicted octanol–water partition coefficient (Wildman–Crippen LogP) is 4.46. The fourth-order valence-electron chi connectivity index (χ4n) is 3.60. The maximum absolute atomic E-state index is 13.2. The minimum atomic E-state index is -5.25. The van der Waals surface area contributed by atoms with Gasteiger partial charge in [-0.15, -0.1) is 0 Å². The largest absolute Gasteiger partial charge is 0.514 e. The van der Waals surface area contributed by atoms with Gasteiger partial charge in [-0.05, 0) is 42.3 Å². The van der Waals surface area contributed by atoms with Crippen LogP contribution >= 0.6 is 15.2 Å². The number of benzene rings is 2. The number of carbonyl (C=O) groups excluding carboxylic acids is 1. The first-order valence-electron chi connectivity index (χ1n) is 10.5. The second-order valence-electron chi connectivity index (χ2n) is 8.11. The van der Waals surface area contributed by atoms with Crippen molar-refractivity contribution in [3.63, 3.8) is 0 Å². The van der Waals surface area contributed by atoms with Gasteiger partial charge < -0.3 is 24.4 Å². The Kier molecular flexibility index (Phi) is 6.87. The predicted molar refractivity (Wildman–Crippen MR) is 124 cm³/mol. The van der Waals surface area contributed by atoms with E-state index in [-0.39, 0.29) is 16.9 Å². The van der Waals surface area contributed by atoms with E-state index in [1.165, 1.54) is 30.6 Å². The van der Waals surface area contributed by atoms with Gasteiger partial charge in [0.2, 0.25) is 6.29 Å². The minimum absolute atomic E-state index is 0.101. The third-order valence-corrected chi connectivity index (χ3v) is 9.84. The third-order valence-electron chi connectivity index (χ3n) is 5.24. The molecule has 1 aliphatic rings. The van der Waals surface area contributed by atoms with Gasteiger partial charge in [0.1, 0.15) is 5.75 Å². The molecule has 1 saturated heterocycles. The topological polar surface area (TPSA) is 162 Å². The standard InChI is InChI=1S/C22H23NO10P2/c1-14(2)30-21(24)31-18-10-9-16-7-3-4-8-17(16)19(18)20-32-34(26,27)22(25,35(28,29)33-20)12-15-6-5-11-23-13-15/h3-11,13-14,20,25H,12H2,1-2H3,(H,26,27)(H,28,29). The first kappa shape index (κ1) is 25.5. The number of nitrogens with zero attached hydrogens (tertiary/aromatic N) is 1. The SMILES string of the molecule is CC(C)OC(=O)Oc1ccc2ccccc2c1C1OP(=O)(O)C(O)(Cc2cccnc2)P(=O)(O)O1. The number of carbonyl (C=O) groups is 1. The molecule has 13 heteroatoms. The molecule has 0 radical (unpaired) electrons. The van der Waals surface area contributed by atoms with E-state index >= 15 is 0 Å². The summed E-state index contributed by atoms with van der Waals surface area (Å²) < 4.78 is 47.2. The highest BCUT2D eigenvalue weighted by Crippen LogP contribution is 2.79. The van der Waals surface area contributed by atoms with Gasteiger partial charge in [-0.2, -0.15) is 0 Å². The number of fused-ring (bicyclic) bond motifs is 1. The van der Waals surface area contributed by atoms with Crippen molar-refractivity contribution in [2.24, 2.45) is 0 Å². The van der Waals surface area contributed by atoms with E-state index < -0.39 is 45.2 Å². The van der Waals surface area contributed by atoms with E-state index in [4.69, 9.17) is 18.5 Å². The van der Waals surface area contributed by atoms with Crippen LogP contribution in [0.2, 0.25) is 0 Å². The third kappa shape index (κ3) is 4.90. The molecule has 3 aromatic rings. The molecule has 2 unspecified atom stereocenters. The summed E-state index contributed by atoms with van der Waals surface area (Å²) in [6.45, 7) is 3.23. The van der Waals surface area contributed by atoms with Crippen LogP contribution in [-0.4, -0.2) is 37.2 Å². The summed E-state index contributed by atoms with van der Waals surface area (Å²) in [4.78, 5) is 37.4. The highest BCUT2D eigenvalue weighted by Gasteiger charge is 2.67. The van der Waals surface area contributed by atoms with E-state index in [0.29, 0.717) is 10.8 Å². The van der Waals surface area contributed by atoms with Crippen molar-refractivity contribution >= 4 is 32.1 Å². The molecule has 1 aliphatic heterocycles. The number of aromatic nitrogens is 1. The zero-order valence-corrected chi connectivity index (χ0v) is 20.5. The molecule has 35 heavy (non-hydrogen) atoms. The average Bonchev–Trinajstić information content (AvgIpc) is 2.77. The molecule has 1 fully saturated rings. The summed E-state index contributed by atoms with van der Waals surface area (Å²) in [5.74, 6) is -0.183. The van der Waals surface area contributed by atoms with E-state index in [1.807, 2.05) is 0 Å². The van der Waals surface area contributed by atoms with Crippen molar-refractivity contribution in [3.8, 4) is 5.75 Å². The van der Waals surface area contributed by atoms with Gasteiger partial charge in [-0.1, -0.05) is 36.4 Å². The Morgan fingerprint density at radius 1 is 1.09 bits per heavy atom. The van der Waals surface area contributed by atoms with Crippen LogP contribution in [0, 0.1) is 0 Å². The highest BCUT2D eigenvalue weighted by molar-refractivity contribution is 7.73. The Morgan fingerprint density at radius 3 is 2.40 bits per heavy atom. The normalized spacial score (nSPS) is 28.7. The Hall–Kier alpha value is -2.62. The number of hydrogen-bond acceptors (Lipinski definition) is 9. The number of ether oxygens (including phenoxy) is 2. The van der Waals surface area contributed by atoms with Crippen LogP contribution < -0.4 is 4.74 Å². The molecule has 0 aliphatic carbocycles. The molecular weight excluding hydrogens is 500 g/mol. The molecule has 1 aromatic heterocycles. The quantitative estimate of drug-likeness (QED) is 0.246. The van der Waals surface area contributed by atoms with Crippen molar-refractivity contribution in [1.29, 1.82) is 0 Å². The fourth-order valence-corrected chi connectivity index (χ4v) is 7.15. The Morgan fingerprint density at radius 2 is 1.77 bits per heavy atom. The maximum Gasteiger partial charge on any atom is 0.514 e. The lowest BCUT2D eigenvalue weighted by Gasteiger charge is -2.41. The van der Waals surface area contributed by atoms with E-state index in [9.17, 15) is 28.8 Å². The van der Waals surface area contributed by atoms with E-state index in [1.54, 1.807) is 44.2 Å². The number of pyridine rings is 1.